The molecule has 0 aliphatic rings. The third-order valence-electron chi connectivity index (χ3n) is 2.33. The van der Waals surface area contributed by atoms with E-state index in [9.17, 15) is 9.59 Å². The number of ether oxygens (including phenoxy) is 2. The Labute approximate surface area is 114 Å². The molecule has 0 heterocycles. The molecule has 1 amide bonds. The first-order valence-corrected chi connectivity index (χ1v) is 6.17. The van der Waals surface area contributed by atoms with Crippen LogP contribution in [-0.2, 0) is 14.3 Å². The van der Waals surface area contributed by atoms with Gasteiger partial charge in [-0.15, -0.1) is 0 Å². The fraction of sp³-hybridized carbons (Fsp3) is 0.769. The van der Waals surface area contributed by atoms with Gasteiger partial charge in [-0.25, -0.2) is 9.59 Å². The van der Waals surface area contributed by atoms with Crippen LogP contribution in [-0.4, -0.2) is 42.3 Å². The van der Waals surface area contributed by atoms with E-state index in [0.29, 0.717) is 12.8 Å². The lowest BCUT2D eigenvalue weighted by Gasteiger charge is -2.30. The summed E-state index contributed by atoms with van der Waals surface area (Å²) < 4.78 is 9.87. The molecule has 108 valence electrons. The minimum Gasteiger partial charge on any atom is -0.467 e. The molecule has 0 fully saturated rings. The Hall–Kier alpha value is -1.77. The number of hydrogen-bond acceptors (Lipinski definition) is 5. The van der Waals surface area contributed by atoms with Gasteiger partial charge in [0, 0.05) is 13.0 Å². The number of methoxy groups -OCH3 is 1. The van der Waals surface area contributed by atoms with E-state index in [1.165, 1.54) is 12.0 Å². The van der Waals surface area contributed by atoms with E-state index in [2.05, 4.69) is 4.74 Å². The van der Waals surface area contributed by atoms with Gasteiger partial charge in [-0.1, -0.05) is 0 Å². The summed E-state index contributed by atoms with van der Waals surface area (Å²) in [4.78, 5) is 24.8. The molecule has 0 aliphatic carbocycles. The highest BCUT2D eigenvalue weighted by atomic mass is 16.6. The number of esters is 1. The van der Waals surface area contributed by atoms with Gasteiger partial charge in [-0.3, -0.25) is 4.90 Å². The first-order valence-electron chi connectivity index (χ1n) is 6.17. The second-order valence-corrected chi connectivity index (χ2v) is 5.13. The average molecular weight is 270 g/mol. The lowest BCUT2D eigenvalue weighted by Crippen LogP contribution is -2.46. The van der Waals surface area contributed by atoms with Gasteiger partial charge in [-0.05, 0) is 34.1 Å². The largest absolute Gasteiger partial charge is 0.467 e. The van der Waals surface area contributed by atoms with Crippen molar-refractivity contribution in [3.05, 3.63) is 0 Å². The highest BCUT2D eigenvalue weighted by Crippen LogP contribution is 2.13. The lowest BCUT2D eigenvalue weighted by atomic mass is 10.2. The Balaban J connectivity index is 4.80. The highest BCUT2D eigenvalue weighted by molar-refractivity contribution is 5.81. The molecule has 0 aromatic heterocycles. The summed E-state index contributed by atoms with van der Waals surface area (Å²) in [6.45, 7) is 7.10. The zero-order valence-corrected chi connectivity index (χ0v) is 12.2. The van der Waals surface area contributed by atoms with Crippen molar-refractivity contribution >= 4 is 12.1 Å². The molecule has 0 aromatic carbocycles. The molecule has 1 atom stereocenters. The van der Waals surface area contributed by atoms with Gasteiger partial charge in [0.05, 0.1) is 13.2 Å². The SMILES string of the molecule is COC(=O)C(C)N(CCCC#N)C(=O)OC(C)(C)C. The second-order valence-electron chi connectivity index (χ2n) is 5.13. The van der Waals surface area contributed by atoms with E-state index >= 15 is 0 Å². The van der Waals surface area contributed by atoms with Crippen LogP contribution in [0.3, 0.4) is 0 Å². The van der Waals surface area contributed by atoms with Crippen LogP contribution in [0.1, 0.15) is 40.5 Å². The number of rotatable bonds is 5. The second kappa shape index (κ2) is 7.62. The standard InChI is InChI=1S/C13H22N2O4/c1-10(11(16)18-5)15(9-7-6-8-14)12(17)19-13(2,3)4/h10H,6-7,9H2,1-5H3. The van der Waals surface area contributed by atoms with E-state index in [-0.39, 0.29) is 6.54 Å². The van der Waals surface area contributed by atoms with Crippen molar-refractivity contribution in [2.24, 2.45) is 0 Å². The monoisotopic (exact) mass is 270 g/mol. The molecule has 1 unspecified atom stereocenters. The minimum atomic E-state index is -0.737. The highest BCUT2D eigenvalue weighted by Gasteiger charge is 2.29. The summed E-state index contributed by atoms with van der Waals surface area (Å²) in [5, 5.41) is 8.52. The fourth-order valence-electron chi connectivity index (χ4n) is 1.39. The van der Waals surface area contributed by atoms with Crippen LogP contribution < -0.4 is 0 Å². The maximum atomic E-state index is 12.0. The van der Waals surface area contributed by atoms with Crippen LogP contribution in [0.4, 0.5) is 4.79 Å². The minimum absolute atomic E-state index is 0.277. The van der Waals surface area contributed by atoms with Gasteiger partial charge < -0.3 is 9.47 Å². The Morgan fingerprint density at radius 1 is 1.37 bits per heavy atom. The zero-order valence-electron chi connectivity index (χ0n) is 12.2. The zero-order chi connectivity index (χ0) is 15.1. The Kier molecular flexibility index (Phi) is 6.91. The van der Waals surface area contributed by atoms with Gasteiger partial charge in [0.2, 0.25) is 0 Å². The van der Waals surface area contributed by atoms with E-state index in [4.69, 9.17) is 10.00 Å². The maximum absolute atomic E-state index is 12.0. The first-order chi connectivity index (χ1) is 8.72. The number of amides is 1. The predicted molar refractivity (Wildman–Crippen MR) is 69.3 cm³/mol. The van der Waals surface area contributed by atoms with Crippen LogP contribution in [0.5, 0.6) is 0 Å². The molecule has 0 N–H and O–H groups in total. The summed E-state index contributed by atoms with van der Waals surface area (Å²) >= 11 is 0. The molecule has 0 saturated carbocycles. The number of carbonyl (C=O) groups excluding carboxylic acids is 2. The molecule has 6 heteroatoms. The molecule has 0 rings (SSSR count). The quantitative estimate of drug-likeness (QED) is 0.564. The smallest absolute Gasteiger partial charge is 0.411 e. The van der Waals surface area contributed by atoms with Gasteiger partial charge in [0.15, 0.2) is 0 Å². The van der Waals surface area contributed by atoms with Crippen molar-refractivity contribution in [2.45, 2.75) is 52.2 Å². The van der Waals surface area contributed by atoms with Crippen molar-refractivity contribution in [1.29, 1.82) is 5.26 Å². The average Bonchev–Trinajstić information content (AvgIpc) is 2.30. The third-order valence-corrected chi connectivity index (χ3v) is 2.33. The molecule has 0 aromatic rings. The molecule has 6 nitrogen and oxygen atoms in total. The molecule has 0 saturated heterocycles. The van der Waals surface area contributed by atoms with Crippen molar-refractivity contribution in [3.63, 3.8) is 0 Å². The summed E-state index contributed by atoms with van der Waals surface area (Å²) in [6, 6.07) is 1.26. The van der Waals surface area contributed by atoms with Crippen molar-refractivity contribution in [2.75, 3.05) is 13.7 Å². The Morgan fingerprint density at radius 2 is 1.95 bits per heavy atom. The predicted octanol–water partition coefficient (Wildman–Crippen LogP) is 2.09. The van der Waals surface area contributed by atoms with Crippen molar-refractivity contribution in [1.82, 2.24) is 4.90 Å². The van der Waals surface area contributed by atoms with Crippen LogP contribution in [0, 0.1) is 11.3 Å². The van der Waals surface area contributed by atoms with Crippen LogP contribution in [0.15, 0.2) is 0 Å². The molecule has 0 bridgehead atoms. The van der Waals surface area contributed by atoms with Gasteiger partial charge in [0.25, 0.3) is 0 Å². The summed E-state index contributed by atoms with van der Waals surface area (Å²) in [7, 11) is 1.27. The Bertz CT molecular complexity index is 355. The maximum Gasteiger partial charge on any atom is 0.411 e. The summed E-state index contributed by atoms with van der Waals surface area (Å²) in [5.74, 6) is -0.511. The number of nitrogens with zero attached hydrogens (tertiary/aromatic N) is 2. The number of nitriles is 1. The number of hydrogen-bond donors (Lipinski definition) is 0. The van der Waals surface area contributed by atoms with Crippen LogP contribution >= 0.6 is 0 Å². The van der Waals surface area contributed by atoms with Crippen LogP contribution in [0.2, 0.25) is 0 Å². The van der Waals surface area contributed by atoms with E-state index in [1.54, 1.807) is 27.7 Å². The van der Waals surface area contributed by atoms with Crippen molar-refractivity contribution < 1.29 is 19.1 Å². The van der Waals surface area contributed by atoms with E-state index in [0.717, 1.165) is 0 Å². The number of carbonyl (C=O) groups is 2. The van der Waals surface area contributed by atoms with Gasteiger partial charge in [-0.2, -0.15) is 5.26 Å². The molecular weight excluding hydrogens is 248 g/mol. The topological polar surface area (TPSA) is 79.6 Å². The molecule has 0 radical (unpaired) electrons. The molecule has 19 heavy (non-hydrogen) atoms. The van der Waals surface area contributed by atoms with E-state index < -0.39 is 23.7 Å². The first kappa shape index (κ1) is 17.2. The fourth-order valence-corrected chi connectivity index (χ4v) is 1.39. The van der Waals surface area contributed by atoms with Gasteiger partial charge >= 0.3 is 12.1 Å². The molecular formula is C13H22N2O4. The normalized spacial score (nSPS) is 12.2. The summed E-state index contributed by atoms with van der Waals surface area (Å²) in [6.07, 6.45) is 0.216. The molecule has 0 spiro atoms. The van der Waals surface area contributed by atoms with Gasteiger partial charge in [0.1, 0.15) is 11.6 Å². The van der Waals surface area contributed by atoms with E-state index in [1.807, 2.05) is 6.07 Å². The molecule has 0 aliphatic heterocycles. The number of unbranched alkanes of at least 4 members (excludes halogenated alkanes) is 1. The van der Waals surface area contributed by atoms with Crippen LogP contribution in [0.25, 0.3) is 0 Å². The third kappa shape index (κ3) is 6.65. The summed E-state index contributed by atoms with van der Waals surface area (Å²) in [5.41, 5.74) is -0.638. The lowest BCUT2D eigenvalue weighted by molar-refractivity contribution is -0.146. The Morgan fingerprint density at radius 3 is 2.37 bits per heavy atom. The van der Waals surface area contributed by atoms with Crippen molar-refractivity contribution in [3.8, 4) is 6.07 Å².